The summed E-state index contributed by atoms with van der Waals surface area (Å²) in [5.41, 5.74) is 5.72. The van der Waals surface area contributed by atoms with E-state index in [1.165, 1.54) is 5.56 Å². The van der Waals surface area contributed by atoms with Gasteiger partial charge in [0, 0.05) is 0 Å². The Balaban J connectivity index is 1.75. The van der Waals surface area contributed by atoms with Crippen LogP contribution in [0.4, 0.5) is 0 Å². The zero-order chi connectivity index (χ0) is 23.3. The molecule has 2 aromatic carbocycles. The highest BCUT2D eigenvalue weighted by atomic mass is 16.6. The van der Waals surface area contributed by atoms with E-state index in [0.29, 0.717) is 12.5 Å². The standard InChI is InChI=1S/C28H39NO3/c1-7-8-17-31-26-19-22(4)28(23(5)20-26)32-18-11-9-10-12-24-13-15-25(16-14-24)27(21(2)3)29-30-6/h7-8,13-16,19-21H,9-12,17-18H2,1-6H3/b8-7+,29-27+. The first-order valence-corrected chi connectivity index (χ1v) is 11.6. The first-order valence-electron chi connectivity index (χ1n) is 11.6. The molecule has 0 aliphatic carbocycles. The van der Waals surface area contributed by atoms with E-state index < -0.39 is 0 Å². The summed E-state index contributed by atoms with van der Waals surface area (Å²) in [6, 6.07) is 12.8. The second-order valence-electron chi connectivity index (χ2n) is 8.44. The van der Waals surface area contributed by atoms with Gasteiger partial charge in [0.2, 0.25) is 0 Å². The predicted molar refractivity (Wildman–Crippen MR) is 134 cm³/mol. The minimum Gasteiger partial charge on any atom is -0.493 e. The van der Waals surface area contributed by atoms with Gasteiger partial charge < -0.3 is 14.3 Å². The van der Waals surface area contributed by atoms with Gasteiger partial charge in [-0.1, -0.05) is 55.4 Å². The van der Waals surface area contributed by atoms with Gasteiger partial charge in [0.25, 0.3) is 0 Å². The summed E-state index contributed by atoms with van der Waals surface area (Å²) in [7, 11) is 1.60. The highest BCUT2D eigenvalue weighted by Gasteiger charge is 2.10. The van der Waals surface area contributed by atoms with Crippen molar-refractivity contribution in [2.75, 3.05) is 20.3 Å². The van der Waals surface area contributed by atoms with Crippen molar-refractivity contribution in [3.8, 4) is 11.5 Å². The number of ether oxygens (including phenoxy) is 2. The van der Waals surface area contributed by atoms with Gasteiger partial charge in [0.15, 0.2) is 0 Å². The first kappa shape index (κ1) is 25.5. The number of oxime groups is 1. The van der Waals surface area contributed by atoms with Crippen molar-refractivity contribution in [2.24, 2.45) is 11.1 Å². The van der Waals surface area contributed by atoms with Gasteiger partial charge in [0.1, 0.15) is 25.2 Å². The van der Waals surface area contributed by atoms with Gasteiger partial charge in [-0.2, -0.15) is 0 Å². The SMILES string of the molecule is C/C=C/COc1cc(C)c(OCCCCCc2ccc(/C(=N/OC)C(C)C)cc2)c(C)c1. The molecule has 0 saturated heterocycles. The Bertz CT molecular complexity index is 859. The van der Waals surface area contributed by atoms with Crippen LogP contribution in [0.5, 0.6) is 11.5 Å². The van der Waals surface area contributed by atoms with E-state index in [1.54, 1.807) is 7.11 Å². The quantitative estimate of drug-likeness (QED) is 0.146. The van der Waals surface area contributed by atoms with Gasteiger partial charge in [-0.05, 0) is 86.8 Å². The van der Waals surface area contributed by atoms with Gasteiger partial charge in [-0.25, -0.2) is 0 Å². The summed E-state index contributed by atoms with van der Waals surface area (Å²) in [4.78, 5) is 4.99. The molecule has 4 heteroatoms. The molecule has 32 heavy (non-hydrogen) atoms. The van der Waals surface area contributed by atoms with Crippen LogP contribution in [-0.2, 0) is 11.3 Å². The Kier molecular flexibility index (Phi) is 10.9. The normalized spacial score (nSPS) is 11.9. The average molecular weight is 438 g/mol. The highest BCUT2D eigenvalue weighted by molar-refractivity contribution is 6.01. The van der Waals surface area contributed by atoms with E-state index in [9.17, 15) is 0 Å². The second kappa shape index (κ2) is 13.6. The molecule has 174 valence electrons. The van der Waals surface area contributed by atoms with Crippen LogP contribution in [0.15, 0.2) is 53.7 Å². The molecule has 0 radical (unpaired) electrons. The summed E-state index contributed by atoms with van der Waals surface area (Å²) >= 11 is 0. The highest BCUT2D eigenvalue weighted by Crippen LogP contribution is 2.28. The zero-order valence-corrected chi connectivity index (χ0v) is 20.6. The van der Waals surface area contributed by atoms with Gasteiger partial charge in [-0.15, -0.1) is 0 Å². The van der Waals surface area contributed by atoms with E-state index in [0.717, 1.165) is 66.2 Å². The second-order valence-corrected chi connectivity index (χ2v) is 8.44. The summed E-state index contributed by atoms with van der Waals surface area (Å²) < 4.78 is 11.8. The third-order valence-corrected chi connectivity index (χ3v) is 5.36. The maximum atomic E-state index is 6.09. The zero-order valence-electron chi connectivity index (χ0n) is 20.6. The van der Waals surface area contributed by atoms with Crippen molar-refractivity contribution in [1.29, 1.82) is 0 Å². The number of rotatable bonds is 13. The van der Waals surface area contributed by atoms with Crippen molar-refractivity contribution in [2.45, 2.75) is 60.3 Å². The molecule has 0 spiro atoms. The number of hydrogen-bond donors (Lipinski definition) is 0. The topological polar surface area (TPSA) is 40.0 Å². The van der Waals surface area contributed by atoms with Crippen molar-refractivity contribution in [3.63, 3.8) is 0 Å². The minimum absolute atomic E-state index is 0.329. The fourth-order valence-electron chi connectivity index (χ4n) is 3.68. The molecule has 0 aliphatic rings. The van der Waals surface area contributed by atoms with Gasteiger partial charge >= 0.3 is 0 Å². The number of unbranched alkanes of at least 4 members (excludes halogenated alkanes) is 2. The minimum atomic E-state index is 0.329. The van der Waals surface area contributed by atoms with Crippen LogP contribution in [0, 0.1) is 19.8 Å². The van der Waals surface area contributed by atoms with Crippen LogP contribution >= 0.6 is 0 Å². The summed E-state index contributed by atoms with van der Waals surface area (Å²) in [6.07, 6.45) is 8.42. The molecule has 0 unspecified atom stereocenters. The number of aryl methyl sites for hydroxylation is 3. The van der Waals surface area contributed by atoms with Crippen LogP contribution in [0.3, 0.4) is 0 Å². The number of allylic oxidation sites excluding steroid dienone is 1. The van der Waals surface area contributed by atoms with Crippen molar-refractivity contribution < 1.29 is 14.3 Å². The number of hydrogen-bond acceptors (Lipinski definition) is 4. The number of nitrogens with zero attached hydrogens (tertiary/aromatic N) is 1. The molecule has 0 fully saturated rings. The Morgan fingerprint density at radius 1 is 0.969 bits per heavy atom. The molecule has 0 aromatic heterocycles. The Morgan fingerprint density at radius 2 is 1.66 bits per heavy atom. The van der Waals surface area contributed by atoms with Crippen LogP contribution in [0.1, 0.15) is 62.3 Å². The van der Waals surface area contributed by atoms with E-state index in [1.807, 2.05) is 19.1 Å². The lowest BCUT2D eigenvalue weighted by atomic mass is 9.98. The predicted octanol–water partition coefficient (Wildman–Crippen LogP) is 7.06. The van der Waals surface area contributed by atoms with E-state index in [-0.39, 0.29) is 0 Å². The van der Waals surface area contributed by atoms with Gasteiger partial charge in [-0.3, -0.25) is 0 Å². The molecule has 2 rings (SSSR count). The van der Waals surface area contributed by atoms with Crippen LogP contribution < -0.4 is 9.47 Å². The van der Waals surface area contributed by atoms with E-state index >= 15 is 0 Å². The lowest BCUT2D eigenvalue weighted by Gasteiger charge is -2.14. The third-order valence-electron chi connectivity index (χ3n) is 5.36. The maximum absolute atomic E-state index is 6.09. The van der Waals surface area contributed by atoms with Crippen molar-refractivity contribution >= 4 is 5.71 Å². The van der Waals surface area contributed by atoms with Crippen LogP contribution in [-0.4, -0.2) is 26.0 Å². The monoisotopic (exact) mass is 437 g/mol. The number of benzene rings is 2. The van der Waals surface area contributed by atoms with Crippen LogP contribution in [0.25, 0.3) is 0 Å². The summed E-state index contributed by atoms with van der Waals surface area (Å²) in [6.45, 7) is 11.7. The molecule has 0 atom stereocenters. The molecule has 0 aliphatic heterocycles. The van der Waals surface area contributed by atoms with E-state index in [2.05, 4.69) is 69.2 Å². The molecular formula is C28H39NO3. The molecule has 4 nitrogen and oxygen atoms in total. The molecule has 0 heterocycles. The molecule has 0 saturated carbocycles. The molecule has 0 N–H and O–H groups in total. The lowest BCUT2D eigenvalue weighted by Crippen LogP contribution is -2.09. The summed E-state index contributed by atoms with van der Waals surface area (Å²) in [5.74, 6) is 2.21. The average Bonchev–Trinajstić information content (AvgIpc) is 2.76. The fraction of sp³-hybridized carbons (Fsp3) is 0.464. The largest absolute Gasteiger partial charge is 0.493 e. The van der Waals surface area contributed by atoms with Gasteiger partial charge in [0.05, 0.1) is 12.3 Å². The molecule has 2 aromatic rings. The summed E-state index contributed by atoms with van der Waals surface area (Å²) in [5, 5.41) is 4.17. The third kappa shape index (κ3) is 8.07. The molecule has 0 bridgehead atoms. The van der Waals surface area contributed by atoms with Crippen molar-refractivity contribution in [1.82, 2.24) is 0 Å². The Labute approximate surface area is 194 Å². The molecule has 0 amide bonds. The lowest BCUT2D eigenvalue weighted by molar-refractivity contribution is 0.212. The Morgan fingerprint density at radius 3 is 2.25 bits per heavy atom. The van der Waals surface area contributed by atoms with Crippen molar-refractivity contribution in [3.05, 3.63) is 70.8 Å². The smallest absolute Gasteiger partial charge is 0.125 e. The first-order chi connectivity index (χ1) is 15.5. The van der Waals surface area contributed by atoms with Crippen LogP contribution in [0.2, 0.25) is 0 Å². The Hall–Kier alpha value is -2.75. The van der Waals surface area contributed by atoms with E-state index in [4.69, 9.17) is 14.3 Å². The maximum Gasteiger partial charge on any atom is 0.125 e. The fourth-order valence-corrected chi connectivity index (χ4v) is 3.68. The molecular weight excluding hydrogens is 398 g/mol.